The molecular weight excluding hydrogens is 513 g/mol. The maximum atomic E-state index is 14.3. The van der Waals surface area contributed by atoms with Gasteiger partial charge in [-0.1, -0.05) is 35.9 Å². The van der Waals surface area contributed by atoms with Crippen LogP contribution < -0.4 is 16.2 Å². The average Bonchev–Trinajstić information content (AvgIpc) is 3.30. The predicted octanol–water partition coefficient (Wildman–Crippen LogP) is 2.37. The molecule has 0 spiro atoms. The Morgan fingerprint density at radius 2 is 1.95 bits per heavy atom. The minimum absolute atomic E-state index is 0.131. The van der Waals surface area contributed by atoms with Crippen molar-refractivity contribution in [2.45, 2.75) is 25.3 Å². The number of carboxylic acid groups (broad SMARTS) is 1. The number of hydrazine groups is 2. The molecule has 9 nitrogen and oxygen atoms in total. The topological polar surface area (TPSA) is 117 Å². The Bertz CT molecular complexity index is 1170. The van der Waals surface area contributed by atoms with Crippen LogP contribution in [-0.2, 0) is 16.0 Å². The molecule has 38 heavy (non-hydrogen) atoms. The number of aliphatic hydroxyl groups excluding tert-OH is 1. The largest absolute Gasteiger partial charge is 0.481 e. The molecule has 2 aromatic carbocycles. The number of aliphatic hydroxyl groups is 1. The van der Waals surface area contributed by atoms with E-state index in [9.17, 15) is 19.1 Å². The molecule has 1 amide bonds. The molecule has 5 N–H and O–H groups in total. The molecule has 1 fully saturated rings. The summed E-state index contributed by atoms with van der Waals surface area (Å²) in [5.41, 5.74) is 8.00. The Labute approximate surface area is 226 Å². The molecule has 0 aromatic heterocycles. The lowest BCUT2D eigenvalue weighted by Crippen LogP contribution is -2.51. The van der Waals surface area contributed by atoms with Gasteiger partial charge in [0, 0.05) is 56.1 Å². The quantitative estimate of drug-likeness (QED) is 0.276. The zero-order valence-corrected chi connectivity index (χ0v) is 21.9. The summed E-state index contributed by atoms with van der Waals surface area (Å²) >= 11 is 6.04. The van der Waals surface area contributed by atoms with Crippen LogP contribution in [0, 0.1) is 17.7 Å². The van der Waals surface area contributed by atoms with E-state index in [2.05, 4.69) is 21.1 Å². The number of carbonyl (C=O) groups excluding carboxylic acids is 1. The van der Waals surface area contributed by atoms with Gasteiger partial charge in [-0.05, 0) is 54.5 Å². The van der Waals surface area contributed by atoms with Gasteiger partial charge in [0.05, 0.1) is 5.92 Å². The van der Waals surface area contributed by atoms with Crippen LogP contribution in [-0.4, -0.2) is 71.4 Å². The highest BCUT2D eigenvalue weighted by molar-refractivity contribution is 6.30. The Morgan fingerprint density at radius 3 is 2.58 bits per heavy atom. The van der Waals surface area contributed by atoms with Crippen molar-refractivity contribution in [3.8, 4) is 11.1 Å². The first kappa shape index (κ1) is 27.8. The number of rotatable bonds is 12. The molecule has 4 rings (SSSR count). The molecule has 204 valence electrons. The van der Waals surface area contributed by atoms with Gasteiger partial charge in [-0.2, -0.15) is 0 Å². The minimum atomic E-state index is -0.916. The summed E-state index contributed by atoms with van der Waals surface area (Å²) in [6, 6.07) is 11.2. The van der Waals surface area contributed by atoms with Crippen LogP contribution in [0.25, 0.3) is 11.1 Å². The van der Waals surface area contributed by atoms with Gasteiger partial charge in [-0.25, -0.2) is 4.39 Å². The average molecular weight is 546 g/mol. The van der Waals surface area contributed by atoms with Gasteiger partial charge in [0.1, 0.15) is 11.5 Å². The second kappa shape index (κ2) is 12.6. The van der Waals surface area contributed by atoms with Crippen molar-refractivity contribution in [2.75, 3.05) is 33.3 Å². The molecule has 2 heterocycles. The van der Waals surface area contributed by atoms with Crippen LogP contribution in [0.5, 0.6) is 0 Å². The van der Waals surface area contributed by atoms with E-state index in [1.54, 1.807) is 25.2 Å². The van der Waals surface area contributed by atoms with Crippen LogP contribution in [0.2, 0.25) is 5.02 Å². The number of carboxylic acids is 1. The van der Waals surface area contributed by atoms with Crippen molar-refractivity contribution in [3.05, 3.63) is 70.8 Å². The summed E-state index contributed by atoms with van der Waals surface area (Å²) in [6.45, 7) is 2.03. The summed E-state index contributed by atoms with van der Waals surface area (Å²) in [7, 11) is 1.72. The third-order valence-electron chi connectivity index (χ3n) is 6.91. The van der Waals surface area contributed by atoms with E-state index in [1.807, 2.05) is 12.1 Å². The first-order valence-electron chi connectivity index (χ1n) is 12.6. The predicted molar refractivity (Wildman–Crippen MR) is 142 cm³/mol. The first-order chi connectivity index (χ1) is 18.2. The summed E-state index contributed by atoms with van der Waals surface area (Å²) in [5.74, 6) is -1.93. The summed E-state index contributed by atoms with van der Waals surface area (Å²) < 4.78 is 14.3. The second-order valence-corrected chi connectivity index (χ2v) is 10.4. The van der Waals surface area contributed by atoms with E-state index in [0.717, 1.165) is 18.7 Å². The van der Waals surface area contributed by atoms with Gasteiger partial charge in [-0.3, -0.25) is 15.0 Å². The number of hydrogen-bond acceptors (Lipinski definition) is 7. The smallest absolute Gasteiger partial charge is 0.307 e. The van der Waals surface area contributed by atoms with E-state index < -0.39 is 17.9 Å². The molecule has 0 saturated carbocycles. The molecule has 0 aliphatic carbocycles. The summed E-state index contributed by atoms with van der Waals surface area (Å²) in [4.78, 5) is 27.1. The van der Waals surface area contributed by atoms with Gasteiger partial charge >= 0.3 is 5.97 Å². The molecule has 0 bridgehead atoms. The number of benzene rings is 2. The fourth-order valence-corrected chi connectivity index (χ4v) is 5.07. The minimum Gasteiger partial charge on any atom is -0.481 e. The Morgan fingerprint density at radius 1 is 1.21 bits per heavy atom. The second-order valence-electron chi connectivity index (χ2n) is 9.92. The lowest BCUT2D eigenvalue weighted by atomic mass is 9.90. The molecule has 2 atom stereocenters. The molecule has 2 aliphatic heterocycles. The molecule has 1 saturated heterocycles. The number of amides is 1. The zero-order valence-electron chi connectivity index (χ0n) is 21.2. The molecule has 0 unspecified atom stereocenters. The maximum Gasteiger partial charge on any atom is 0.307 e. The lowest BCUT2D eigenvalue weighted by molar-refractivity contribution is -0.144. The van der Waals surface area contributed by atoms with Crippen LogP contribution in [0.15, 0.2) is 54.4 Å². The van der Waals surface area contributed by atoms with Crippen molar-refractivity contribution in [2.24, 2.45) is 11.8 Å². The van der Waals surface area contributed by atoms with Crippen molar-refractivity contribution in [1.82, 2.24) is 26.2 Å². The van der Waals surface area contributed by atoms with Gasteiger partial charge in [0.25, 0.3) is 5.91 Å². The number of likely N-dealkylation sites (tertiary alicyclic amines) is 1. The van der Waals surface area contributed by atoms with Crippen LogP contribution >= 0.6 is 11.6 Å². The van der Waals surface area contributed by atoms with Crippen molar-refractivity contribution >= 4 is 23.5 Å². The van der Waals surface area contributed by atoms with Crippen LogP contribution in [0.4, 0.5) is 4.39 Å². The highest BCUT2D eigenvalue weighted by Crippen LogP contribution is 2.27. The third-order valence-corrected chi connectivity index (χ3v) is 7.15. The molecule has 0 radical (unpaired) electrons. The molecule has 11 heteroatoms. The van der Waals surface area contributed by atoms with E-state index in [0.29, 0.717) is 47.2 Å². The number of nitrogens with zero attached hydrogens (tertiary/aromatic N) is 2. The number of carbonyl (C=O) groups is 2. The summed E-state index contributed by atoms with van der Waals surface area (Å²) in [5, 5.41) is 24.0. The fraction of sp³-hybridized carbons (Fsp3) is 0.407. The number of nitrogens with one attached hydrogen (secondary N) is 3. The van der Waals surface area contributed by atoms with E-state index >= 15 is 0 Å². The lowest BCUT2D eigenvalue weighted by Gasteiger charge is -2.40. The number of aliphatic carboxylic acids is 1. The Balaban J connectivity index is 1.47. The van der Waals surface area contributed by atoms with Gasteiger partial charge < -0.3 is 25.9 Å². The standard InChI is InChI=1S/C27H33ClFN5O4/c1-33-30-13-25(32-33)26(36)31-22(11-20(27(37)38)16-34-14-18(15-34)8-9-35)10-17-2-4-19(5-3-17)23-12-21(28)6-7-24(23)29/h2-7,12-13,18,20,22,30,32,35H,8-11,14-16H2,1H3,(H,31,36)(H,37,38)/t20-,22+/m0/s1. The third kappa shape index (κ3) is 7.22. The molecule has 2 aromatic rings. The van der Waals surface area contributed by atoms with E-state index in [-0.39, 0.29) is 24.8 Å². The SMILES string of the molecule is CN1NC=C(C(=O)N[C@H](Cc2ccc(-c3cc(Cl)ccc3F)cc2)C[C@@H](CN2CC(CCO)C2)C(=O)O)N1. The number of halogens is 2. The van der Waals surface area contributed by atoms with Crippen LogP contribution in [0.1, 0.15) is 18.4 Å². The van der Waals surface area contributed by atoms with E-state index in [4.69, 9.17) is 16.7 Å². The monoisotopic (exact) mass is 545 g/mol. The molecule has 2 aliphatic rings. The summed E-state index contributed by atoms with van der Waals surface area (Å²) in [6.07, 6.45) is 2.89. The highest BCUT2D eigenvalue weighted by Gasteiger charge is 2.32. The van der Waals surface area contributed by atoms with Crippen molar-refractivity contribution in [3.63, 3.8) is 0 Å². The van der Waals surface area contributed by atoms with Gasteiger partial charge in [0.2, 0.25) is 0 Å². The zero-order chi connectivity index (χ0) is 27.2. The maximum absolute atomic E-state index is 14.3. The molecular formula is C27H33ClFN5O4. The first-order valence-corrected chi connectivity index (χ1v) is 13.0. The fourth-order valence-electron chi connectivity index (χ4n) is 4.90. The van der Waals surface area contributed by atoms with E-state index in [1.165, 1.54) is 23.5 Å². The highest BCUT2D eigenvalue weighted by atomic mass is 35.5. The van der Waals surface area contributed by atoms with Gasteiger partial charge in [-0.15, -0.1) is 5.12 Å². The van der Waals surface area contributed by atoms with Crippen LogP contribution in [0.3, 0.4) is 0 Å². The van der Waals surface area contributed by atoms with Crippen molar-refractivity contribution in [1.29, 1.82) is 0 Å². The van der Waals surface area contributed by atoms with Gasteiger partial charge in [0.15, 0.2) is 0 Å². The number of hydrogen-bond donors (Lipinski definition) is 5. The Kier molecular flexibility index (Phi) is 9.22. The Hall–Kier alpha value is -3.18. The normalized spacial score (nSPS) is 17.6. The van der Waals surface area contributed by atoms with Crippen molar-refractivity contribution < 1.29 is 24.2 Å².